The number of rotatable bonds is 7. The second-order valence-electron chi connectivity index (χ2n) is 5.83. The predicted molar refractivity (Wildman–Crippen MR) is 86.5 cm³/mol. The number of aromatic nitrogens is 4. The van der Waals surface area contributed by atoms with Crippen LogP contribution in [0.3, 0.4) is 0 Å². The fourth-order valence-corrected chi connectivity index (χ4v) is 2.81. The largest absolute Gasteiger partial charge is 0.387 e. The van der Waals surface area contributed by atoms with Gasteiger partial charge in [-0.15, -0.1) is 0 Å². The van der Waals surface area contributed by atoms with Gasteiger partial charge in [0, 0.05) is 13.7 Å². The molecule has 3 rings (SSSR count). The summed E-state index contributed by atoms with van der Waals surface area (Å²) in [6.45, 7) is 3.11. The zero-order valence-corrected chi connectivity index (χ0v) is 13.8. The van der Waals surface area contributed by atoms with Gasteiger partial charge in [-0.3, -0.25) is 4.57 Å². The van der Waals surface area contributed by atoms with E-state index in [1.165, 1.54) is 13.4 Å². The number of unbranched alkanes of at least 4 members (excludes halogenated alkanes) is 1. The average molecular weight is 337 g/mol. The zero-order chi connectivity index (χ0) is 17.1. The van der Waals surface area contributed by atoms with E-state index in [2.05, 4.69) is 27.2 Å². The third-order valence-electron chi connectivity index (χ3n) is 4.12. The summed E-state index contributed by atoms with van der Waals surface area (Å²) in [4.78, 5) is 12.8. The van der Waals surface area contributed by atoms with Crippen molar-refractivity contribution in [1.29, 1.82) is 0 Å². The van der Waals surface area contributed by atoms with Crippen LogP contribution in [0.1, 0.15) is 26.0 Å². The quantitative estimate of drug-likeness (QED) is 0.618. The highest BCUT2D eigenvalue weighted by atomic mass is 16.6. The summed E-state index contributed by atoms with van der Waals surface area (Å²) in [5.41, 5.74) is 1.15. The summed E-state index contributed by atoms with van der Waals surface area (Å²) in [6, 6.07) is 0. The number of hydrogen-bond donors (Lipinski definition) is 3. The lowest BCUT2D eigenvalue weighted by atomic mass is 10.1. The molecule has 9 heteroatoms. The van der Waals surface area contributed by atoms with Gasteiger partial charge in [-0.2, -0.15) is 0 Å². The minimum Gasteiger partial charge on any atom is -0.387 e. The first kappa shape index (κ1) is 17.0. The zero-order valence-electron chi connectivity index (χ0n) is 13.8. The van der Waals surface area contributed by atoms with E-state index in [1.54, 1.807) is 10.9 Å². The Kier molecular flexibility index (Phi) is 5.24. The molecule has 2 aromatic rings. The van der Waals surface area contributed by atoms with Crippen molar-refractivity contribution in [2.45, 2.75) is 44.3 Å². The van der Waals surface area contributed by atoms with Crippen molar-refractivity contribution in [3.8, 4) is 0 Å². The number of aliphatic hydroxyl groups is 2. The standard InChI is InChI=1S/C15H23N5O4/c1-3-4-5-16-13-10-14(18-7-17-13)20(8-19-10)15-12(22)11(21)9(24-15)6-23-2/h7-9,11-12,15,21-22H,3-6H2,1-2H3,(H,16,17,18)/t9-,11-,12-,15-/m1/s1. The Bertz CT molecular complexity index is 679. The first-order valence-corrected chi connectivity index (χ1v) is 8.09. The fourth-order valence-electron chi connectivity index (χ4n) is 2.81. The van der Waals surface area contributed by atoms with Gasteiger partial charge in [0.05, 0.1) is 12.9 Å². The summed E-state index contributed by atoms with van der Waals surface area (Å²) in [7, 11) is 1.52. The smallest absolute Gasteiger partial charge is 0.167 e. The molecular formula is C15H23N5O4. The molecule has 0 spiro atoms. The fraction of sp³-hybridized carbons (Fsp3) is 0.667. The first-order valence-electron chi connectivity index (χ1n) is 8.09. The lowest BCUT2D eigenvalue weighted by Crippen LogP contribution is -2.33. The number of imidazole rings is 1. The average Bonchev–Trinajstić information content (AvgIpc) is 3.12. The van der Waals surface area contributed by atoms with Crippen LogP contribution in [0.5, 0.6) is 0 Å². The Morgan fingerprint density at radius 3 is 2.88 bits per heavy atom. The van der Waals surface area contributed by atoms with Crippen LogP contribution in [0.15, 0.2) is 12.7 Å². The summed E-state index contributed by atoms with van der Waals surface area (Å²) in [5.74, 6) is 0.647. The summed E-state index contributed by atoms with van der Waals surface area (Å²) in [6.07, 6.45) is 1.60. The monoisotopic (exact) mass is 337 g/mol. The van der Waals surface area contributed by atoms with Crippen LogP contribution in [-0.4, -0.2) is 68.3 Å². The summed E-state index contributed by atoms with van der Waals surface area (Å²) in [5, 5.41) is 23.6. The van der Waals surface area contributed by atoms with E-state index in [9.17, 15) is 10.2 Å². The van der Waals surface area contributed by atoms with Crippen molar-refractivity contribution in [1.82, 2.24) is 19.5 Å². The highest BCUT2D eigenvalue weighted by Gasteiger charge is 2.44. The maximum absolute atomic E-state index is 10.3. The minimum atomic E-state index is -1.09. The third-order valence-corrected chi connectivity index (χ3v) is 4.12. The molecule has 0 saturated carbocycles. The number of aliphatic hydroxyl groups excluding tert-OH is 2. The topological polar surface area (TPSA) is 115 Å². The van der Waals surface area contributed by atoms with Gasteiger partial charge in [0.15, 0.2) is 23.2 Å². The van der Waals surface area contributed by atoms with Crippen molar-refractivity contribution in [3.63, 3.8) is 0 Å². The Morgan fingerprint density at radius 1 is 1.29 bits per heavy atom. The van der Waals surface area contributed by atoms with Crippen LogP contribution in [0.25, 0.3) is 11.2 Å². The molecule has 0 radical (unpaired) electrons. The molecule has 0 unspecified atom stereocenters. The number of hydrogen-bond acceptors (Lipinski definition) is 8. The number of nitrogens with one attached hydrogen (secondary N) is 1. The predicted octanol–water partition coefficient (Wildman–Crippen LogP) is 0.304. The summed E-state index contributed by atoms with van der Waals surface area (Å²) < 4.78 is 12.4. The van der Waals surface area contributed by atoms with E-state index in [4.69, 9.17) is 9.47 Å². The van der Waals surface area contributed by atoms with Gasteiger partial charge in [-0.1, -0.05) is 13.3 Å². The Labute approximate surface area is 139 Å². The second-order valence-corrected chi connectivity index (χ2v) is 5.83. The molecule has 3 N–H and O–H groups in total. The van der Waals surface area contributed by atoms with Crippen LogP contribution >= 0.6 is 0 Å². The van der Waals surface area contributed by atoms with Gasteiger partial charge in [0.1, 0.15) is 24.6 Å². The normalized spacial score (nSPS) is 27.0. The van der Waals surface area contributed by atoms with Gasteiger partial charge in [-0.25, -0.2) is 15.0 Å². The van der Waals surface area contributed by atoms with Crippen LogP contribution < -0.4 is 5.32 Å². The highest BCUT2D eigenvalue weighted by molar-refractivity contribution is 5.82. The molecule has 132 valence electrons. The molecule has 1 fully saturated rings. The number of methoxy groups -OCH3 is 1. The molecule has 1 aliphatic rings. The van der Waals surface area contributed by atoms with E-state index in [1.807, 2.05) is 0 Å². The number of fused-ring (bicyclic) bond motifs is 1. The lowest BCUT2D eigenvalue weighted by molar-refractivity contribution is -0.0580. The number of ether oxygens (including phenoxy) is 2. The molecule has 0 bridgehead atoms. The van der Waals surface area contributed by atoms with E-state index in [0.29, 0.717) is 17.0 Å². The lowest BCUT2D eigenvalue weighted by Gasteiger charge is -2.16. The Balaban J connectivity index is 1.87. The maximum Gasteiger partial charge on any atom is 0.167 e. The number of nitrogens with zero attached hydrogens (tertiary/aromatic N) is 4. The molecule has 0 aromatic carbocycles. The molecule has 0 amide bonds. The molecule has 2 aromatic heterocycles. The highest BCUT2D eigenvalue weighted by Crippen LogP contribution is 2.32. The van der Waals surface area contributed by atoms with Crippen LogP contribution in [0.2, 0.25) is 0 Å². The van der Waals surface area contributed by atoms with Crippen LogP contribution in [0, 0.1) is 0 Å². The Morgan fingerprint density at radius 2 is 2.12 bits per heavy atom. The van der Waals surface area contributed by atoms with Gasteiger partial charge in [0.25, 0.3) is 0 Å². The van der Waals surface area contributed by atoms with E-state index in [0.717, 1.165) is 19.4 Å². The molecule has 1 saturated heterocycles. The molecule has 9 nitrogen and oxygen atoms in total. The van der Waals surface area contributed by atoms with Gasteiger partial charge in [0.2, 0.25) is 0 Å². The van der Waals surface area contributed by atoms with Crippen molar-refractivity contribution in [2.24, 2.45) is 0 Å². The van der Waals surface area contributed by atoms with E-state index >= 15 is 0 Å². The Hall–Kier alpha value is -1.81. The molecule has 0 aliphatic carbocycles. The molecule has 1 aliphatic heterocycles. The van der Waals surface area contributed by atoms with Crippen molar-refractivity contribution < 1.29 is 19.7 Å². The van der Waals surface area contributed by atoms with Gasteiger partial charge in [-0.05, 0) is 6.42 Å². The van der Waals surface area contributed by atoms with E-state index < -0.39 is 24.5 Å². The van der Waals surface area contributed by atoms with Gasteiger partial charge >= 0.3 is 0 Å². The summed E-state index contributed by atoms with van der Waals surface area (Å²) >= 11 is 0. The maximum atomic E-state index is 10.3. The molecular weight excluding hydrogens is 314 g/mol. The minimum absolute atomic E-state index is 0.195. The van der Waals surface area contributed by atoms with Gasteiger partial charge < -0.3 is 25.0 Å². The van der Waals surface area contributed by atoms with Crippen molar-refractivity contribution in [3.05, 3.63) is 12.7 Å². The van der Waals surface area contributed by atoms with Crippen LogP contribution in [0.4, 0.5) is 5.82 Å². The second kappa shape index (κ2) is 7.39. The molecule has 24 heavy (non-hydrogen) atoms. The molecule has 4 atom stereocenters. The first-order chi connectivity index (χ1) is 11.7. The third kappa shape index (κ3) is 3.07. The van der Waals surface area contributed by atoms with Crippen LogP contribution in [-0.2, 0) is 9.47 Å². The van der Waals surface area contributed by atoms with E-state index in [-0.39, 0.29) is 6.61 Å². The molecule has 3 heterocycles. The SMILES string of the molecule is CCCCNc1ncnc2c1ncn2[C@@H]1O[C@H](COC)[C@@H](O)[C@H]1O. The van der Waals surface area contributed by atoms with Crippen molar-refractivity contribution >= 4 is 17.0 Å². The van der Waals surface area contributed by atoms with Crippen molar-refractivity contribution in [2.75, 3.05) is 25.6 Å². The number of anilines is 1.